The van der Waals surface area contributed by atoms with E-state index in [1.165, 1.54) is 12.1 Å². The van der Waals surface area contributed by atoms with E-state index in [-0.39, 0.29) is 17.6 Å². The van der Waals surface area contributed by atoms with Crippen molar-refractivity contribution in [2.45, 2.75) is 44.1 Å². The third kappa shape index (κ3) is 2.54. The lowest BCUT2D eigenvalue weighted by molar-refractivity contribution is -0.385. The maximum Gasteiger partial charge on any atom is 0.310 e. The van der Waals surface area contributed by atoms with E-state index in [0.717, 1.165) is 42.6 Å². The van der Waals surface area contributed by atoms with Crippen LogP contribution < -0.4 is 0 Å². The quantitative estimate of drug-likeness (QED) is 0.572. The minimum Gasteiger partial charge on any atom is -0.502 e. The van der Waals surface area contributed by atoms with Gasteiger partial charge >= 0.3 is 5.69 Å². The fraction of sp³-hybridized carbons (Fsp3) is 0.280. The molecular weight excluding hydrogens is 408 g/mol. The molecule has 1 aliphatic heterocycles. The number of benzene rings is 2. The number of hydrogen-bond donors (Lipinski definition) is 1. The Kier molecular flexibility index (Phi) is 3.93. The van der Waals surface area contributed by atoms with Gasteiger partial charge in [-0.15, -0.1) is 0 Å². The van der Waals surface area contributed by atoms with Crippen LogP contribution in [-0.2, 0) is 4.79 Å². The molecule has 160 valence electrons. The van der Waals surface area contributed by atoms with Gasteiger partial charge in [0, 0.05) is 52.4 Å². The van der Waals surface area contributed by atoms with Gasteiger partial charge < -0.3 is 10.0 Å². The van der Waals surface area contributed by atoms with E-state index in [1.54, 1.807) is 12.1 Å². The average molecular weight is 428 g/mol. The Morgan fingerprint density at radius 3 is 2.47 bits per heavy atom. The van der Waals surface area contributed by atoms with Crippen molar-refractivity contribution in [3.63, 3.8) is 0 Å². The van der Waals surface area contributed by atoms with E-state index in [0.29, 0.717) is 28.7 Å². The first-order chi connectivity index (χ1) is 15.5. The van der Waals surface area contributed by atoms with E-state index in [4.69, 9.17) is 0 Å². The van der Waals surface area contributed by atoms with Crippen LogP contribution in [-0.4, -0.2) is 32.5 Å². The first-order valence-electron chi connectivity index (χ1n) is 10.9. The highest BCUT2D eigenvalue weighted by Crippen LogP contribution is 2.55. The Labute approximate surface area is 183 Å². The zero-order valence-corrected chi connectivity index (χ0v) is 17.2. The number of phenolic OH excluding ortho intramolecular Hbond substituents is 1. The smallest absolute Gasteiger partial charge is 0.310 e. The Morgan fingerprint density at radius 2 is 1.75 bits per heavy atom. The first-order valence-corrected chi connectivity index (χ1v) is 10.9. The fourth-order valence-corrected chi connectivity index (χ4v) is 5.45. The number of fused-ring (bicyclic) bond motifs is 2. The summed E-state index contributed by atoms with van der Waals surface area (Å²) in [5.74, 6) is -1.25. The Balaban J connectivity index is 1.65. The van der Waals surface area contributed by atoms with Crippen molar-refractivity contribution in [1.82, 2.24) is 4.90 Å². The minimum atomic E-state index is -0.679. The highest BCUT2D eigenvalue weighted by molar-refractivity contribution is 6.23. The molecule has 0 radical (unpaired) electrons. The van der Waals surface area contributed by atoms with Gasteiger partial charge in [-0.3, -0.25) is 19.7 Å². The molecule has 0 spiro atoms. The lowest BCUT2D eigenvalue weighted by Crippen LogP contribution is -2.36. The first kappa shape index (κ1) is 19.0. The molecule has 32 heavy (non-hydrogen) atoms. The largest absolute Gasteiger partial charge is 0.502 e. The molecule has 1 fully saturated rings. The molecule has 0 aromatic heterocycles. The lowest BCUT2D eigenvalue weighted by atomic mass is 9.74. The molecule has 3 aliphatic carbocycles. The number of carbonyl (C=O) groups excluding carboxylic acids is 2. The highest BCUT2D eigenvalue weighted by atomic mass is 16.6. The molecule has 4 aliphatic rings. The van der Waals surface area contributed by atoms with Gasteiger partial charge in [0.2, 0.25) is 0 Å². The van der Waals surface area contributed by atoms with Crippen LogP contribution in [0.4, 0.5) is 5.69 Å². The summed E-state index contributed by atoms with van der Waals surface area (Å²) in [5.41, 5.74) is 4.44. The highest BCUT2D eigenvalue weighted by Gasteiger charge is 2.50. The van der Waals surface area contributed by atoms with Gasteiger partial charge in [-0.25, -0.2) is 0 Å². The van der Waals surface area contributed by atoms with Gasteiger partial charge in [-0.2, -0.15) is 0 Å². The molecule has 1 N–H and O–H groups in total. The molecule has 1 saturated carbocycles. The van der Waals surface area contributed by atoms with Crippen molar-refractivity contribution in [2.75, 3.05) is 0 Å². The molecule has 0 bridgehead atoms. The number of hydrogen-bond acceptors (Lipinski definition) is 6. The summed E-state index contributed by atoms with van der Waals surface area (Å²) in [5, 5.41) is 21.5. The van der Waals surface area contributed by atoms with Crippen LogP contribution in [0.5, 0.6) is 5.75 Å². The van der Waals surface area contributed by atoms with Crippen LogP contribution in [0, 0.1) is 10.1 Å². The summed E-state index contributed by atoms with van der Waals surface area (Å²) < 4.78 is 0. The summed E-state index contributed by atoms with van der Waals surface area (Å²) in [6.45, 7) is 0. The van der Waals surface area contributed by atoms with Crippen LogP contribution in [0.1, 0.15) is 59.5 Å². The molecule has 0 saturated heterocycles. The lowest BCUT2D eigenvalue weighted by Gasteiger charge is -2.41. The maximum absolute atomic E-state index is 13.7. The van der Waals surface area contributed by atoms with Crippen LogP contribution in [0.3, 0.4) is 0 Å². The number of allylic oxidation sites excluding steroid dienone is 3. The second-order valence-electron chi connectivity index (χ2n) is 8.81. The normalized spacial score (nSPS) is 22.1. The van der Waals surface area contributed by atoms with Crippen LogP contribution >= 0.6 is 0 Å². The van der Waals surface area contributed by atoms with Gasteiger partial charge in [-0.1, -0.05) is 30.3 Å². The van der Waals surface area contributed by atoms with Crippen molar-refractivity contribution in [3.05, 3.63) is 86.1 Å². The molecule has 1 unspecified atom stereocenters. The number of aromatic hydroxyl groups is 1. The predicted octanol–water partition coefficient (Wildman–Crippen LogP) is 4.48. The molecule has 2 aromatic rings. The van der Waals surface area contributed by atoms with Gasteiger partial charge in [0.15, 0.2) is 17.3 Å². The van der Waals surface area contributed by atoms with E-state index in [9.17, 15) is 24.8 Å². The summed E-state index contributed by atoms with van der Waals surface area (Å²) in [4.78, 5) is 40.0. The number of rotatable bonds is 3. The fourth-order valence-electron chi connectivity index (χ4n) is 5.45. The second-order valence-corrected chi connectivity index (χ2v) is 8.81. The summed E-state index contributed by atoms with van der Waals surface area (Å²) in [6.07, 6.45) is 3.90. The van der Waals surface area contributed by atoms with E-state index in [1.807, 2.05) is 18.2 Å². The van der Waals surface area contributed by atoms with E-state index in [2.05, 4.69) is 4.90 Å². The molecule has 1 heterocycles. The summed E-state index contributed by atoms with van der Waals surface area (Å²) in [6, 6.07) is 11.9. The Hall–Kier alpha value is -3.74. The zero-order chi connectivity index (χ0) is 22.1. The standard InChI is InChI=1S/C25H20N2O5/c28-19-11-8-13(12-18(19)27(31)32)21-22-17(6-3-7-20(22)29)26(14-9-10-14)24-15-4-1-2-5-16(15)25(30)23(21)24/h1-2,4-5,8,11-12,14,21,28H,3,6-7,9-10H2. The predicted molar refractivity (Wildman–Crippen MR) is 116 cm³/mol. The Morgan fingerprint density at radius 1 is 1.00 bits per heavy atom. The van der Waals surface area contributed by atoms with Gasteiger partial charge in [0.1, 0.15) is 0 Å². The van der Waals surface area contributed by atoms with E-state index < -0.39 is 22.3 Å². The second kappa shape index (κ2) is 6.63. The van der Waals surface area contributed by atoms with Crippen molar-refractivity contribution in [1.29, 1.82) is 0 Å². The number of nitro benzene ring substituents is 1. The minimum absolute atomic E-state index is 0.00654. The maximum atomic E-state index is 13.7. The number of Topliss-reactive ketones (excluding diaryl/α,β-unsaturated/α-hetero) is 2. The summed E-state index contributed by atoms with van der Waals surface area (Å²) in [7, 11) is 0. The van der Waals surface area contributed by atoms with Crippen LogP contribution in [0.2, 0.25) is 0 Å². The molecule has 1 atom stereocenters. The van der Waals surface area contributed by atoms with Gasteiger partial charge in [0.25, 0.3) is 0 Å². The van der Waals surface area contributed by atoms with Crippen LogP contribution in [0.25, 0.3) is 5.70 Å². The SMILES string of the molecule is O=C1CCCC2=C1C(c1ccc(O)c([N+](=O)[O-])c1)C1=C(c3ccccc3C1=O)N2C1CC1. The number of phenols is 1. The molecule has 7 nitrogen and oxygen atoms in total. The number of nitro groups is 1. The van der Waals surface area contributed by atoms with Crippen molar-refractivity contribution >= 4 is 23.0 Å². The molecule has 6 rings (SSSR count). The molecule has 2 aromatic carbocycles. The Bertz CT molecular complexity index is 1300. The third-order valence-corrected chi connectivity index (χ3v) is 6.91. The molecule has 0 amide bonds. The van der Waals surface area contributed by atoms with Crippen molar-refractivity contribution in [3.8, 4) is 5.75 Å². The van der Waals surface area contributed by atoms with Gasteiger partial charge in [0.05, 0.1) is 10.6 Å². The summed E-state index contributed by atoms with van der Waals surface area (Å²) >= 11 is 0. The van der Waals surface area contributed by atoms with Crippen LogP contribution in [0.15, 0.2) is 59.3 Å². The average Bonchev–Trinajstić information content (AvgIpc) is 3.58. The van der Waals surface area contributed by atoms with Crippen molar-refractivity contribution < 1.29 is 19.6 Å². The number of nitrogens with zero attached hydrogens (tertiary/aromatic N) is 2. The molecular formula is C25H20N2O5. The van der Waals surface area contributed by atoms with E-state index >= 15 is 0 Å². The zero-order valence-electron chi connectivity index (χ0n) is 17.2. The molecule has 7 heteroatoms. The third-order valence-electron chi connectivity index (χ3n) is 6.91. The van der Waals surface area contributed by atoms with Crippen molar-refractivity contribution in [2.24, 2.45) is 0 Å². The van der Waals surface area contributed by atoms with Gasteiger partial charge in [-0.05, 0) is 37.3 Å². The monoisotopic (exact) mass is 428 g/mol. The number of carbonyl (C=O) groups is 2. The topological polar surface area (TPSA) is 101 Å². The number of ketones is 2.